The summed E-state index contributed by atoms with van der Waals surface area (Å²) in [7, 11) is 0. The lowest BCUT2D eigenvalue weighted by Crippen LogP contribution is -1.97. The molecule has 111 valence electrons. The largest absolute Gasteiger partial charge is 0.494 e. The van der Waals surface area contributed by atoms with Gasteiger partial charge in [0.2, 0.25) is 6.29 Å². The second kappa shape index (κ2) is 11.5. The van der Waals surface area contributed by atoms with Crippen LogP contribution in [0.25, 0.3) is 0 Å². The number of hydrogen-bond acceptors (Lipinski definition) is 2. The van der Waals surface area contributed by atoms with E-state index in [-0.39, 0.29) is 0 Å². The summed E-state index contributed by atoms with van der Waals surface area (Å²) in [6, 6.07) is 7.12. The lowest BCUT2D eigenvalue weighted by Gasteiger charge is -2.06. The molecule has 0 saturated heterocycles. The minimum Gasteiger partial charge on any atom is -0.494 e. The van der Waals surface area contributed by atoms with E-state index in [0.717, 1.165) is 18.8 Å². The van der Waals surface area contributed by atoms with Gasteiger partial charge in [0.25, 0.3) is 0 Å². The fourth-order valence-electron chi connectivity index (χ4n) is 2.22. The molecule has 20 heavy (non-hydrogen) atoms. The Morgan fingerprint density at radius 2 is 1.40 bits per heavy atom. The van der Waals surface area contributed by atoms with Gasteiger partial charge in [-0.15, -0.1) is 0 Å². The summed E-state index contributed by atoms with van der Waals surface area (Å²) in [6.45, 7) is 3.02. The number of rotatable bonds is 12. The van der Waals surface area contributed by atoms with E-state index < -0.39 is 0 Å². The third-order valence-electron chi connectivity index (χ3n) is 3.49. The van der Waals surface area contributed by atoms with Crippen molar-refractivity contribution in [3.63, 3.8) is 0 Å². The first kappa shape index (κ1) is 16.7. The maximum Gasteiger partial charge on any atom is 0.233 e. The van der Waals surface area contributed by atoms with Crippen LogP contribution in [0.15, 0.2) is 24.3 Å². The topological polar surface area (TPSA) is 26.3 Å². The Bertz CT molecular complexity index is 343. The zero-order valence-electron chi connectivity index (χ0n) is 12.7. The first-order chi connectivity index (χ1) is 9.86. The molecule has 0 heterocycles. The predicted octanol–water partition coefficient (Wildman–Crippen LogP) is 5.05. The highest BCUT2D eigenvalue weighted by Crippen LogP contribution is 2.13. The van der Waals surface area contributed by atoms with Gasteiger partial charge in [-0.05, 0) is 30.7 Å². The summed E-state index contributed by atoms with van der Waals surface area (Å²) in [5.41, 5.74) is 0.570. The van der Waals surface area contributed by atoms with Gasteiger partial charge in [-0.1, -0.05) is 58.3 Å². The number of ether oxygens (including phenoxy) is 1. The molecule has 0 spiro atoms. The normalized spacial score (nSPS) is 10.4. The van der Waals surface area contributed by atoms with E-state index in [1.807, 2.05) is 18.4 Å². The van der Waals surface area contributed by atoms with E-state index in [2.05, 4.69) is 6.92 Å². The fraction of sp³-hybridized carbons (Fsp3) is 0.611. The van der Waals surface area contributed by atoms with Crippen molar-refractivity contribution in [3.05, 3.63) is 29.8 Å². The minimum atomic E-state index is 0.570. The molecular weight excluding hydrogens is 248 g/mol. The van der Waals surface area contributed by atoms with Crippen molar-refractivity contribution >= 4 is 6.29 Å². The Hall–Kier alpha value is -1.31. The Labute approximate surface area is 123 Å². The van der Waals surface area contributed by atoms with Crippen LogP contribution in [0.5, 0.6) is 5.75 Å². The van der Waals surface area contributed by atoms with Crippen molar-refractivity contribution in [2.45, 2.75) is 64.7 Å². The second-order valence-electron chi connectivity index (χ2n) is 5.30. The van der Waals surface area contributed by atoms with Crippen molar-refractivity contribution in [1.82, 2.24) is 0 Å². The van der Waals surface area contributed by atoms with Gasteiger partial charge in [0.15, 0.2) is 0 Å². The number of hydrogen-bond donors (Lipinski definition) is 0. The van der Waals surface area contributed by atoms with Crippen molar-refractivity contribution in [3.8, 4) is 5.75 Å². The Balaban J connectivity index is 1.92. The molecule has 0 N–H and O–H groups in total. The molecule has 2 heteroatoms. The van der Waals surface area contributed by atoms with E-state index in [4.69, 9.17) is 4.74 Å². The molecule has 0 aliphatic heterocycles. The predicted molar refractivity (Wildman–Crippen MR) is 84.0 cm³/mol. The molecule has 0 aliphatic carbocycles. The van der Waals surface area contributed by atoms with Crippen LogP contribution in [0, 0.1) is 0 Å². The average Bonchev–Trinajstić information content (AvgIpc) is 2.50. The molecule has 0 unspecified atom stereocenters. The number of unbranched alkanes of at least 4 members (excludes halogenated alkanes) is 8. The molecule has 0 aromatic heterocycles. The van der Waals surface area contributed by atoms with Gasteiger partial charge in [-0.25, -0.2) is 0 Å². The van der Waals surface area contributed by atoms with Crippen LogP contribution in [-0.2, 0) is 4.79 Å². The summed E-state index contributed by atoms with van der Waals surface area (Å²) >= 11 is 0. The highest BCUT2D eigenvalue weighted by atomic mass is 16.5. The first-order valence-electron chi connectivity index (χ1n) is 7.98. The van der Waals surface area contributed by atoms with E-state index in [0.29, 0.717) is 5.56 Å². The summed E-state index contributed by atoms with van der Waals surface area (Å²) in [6.07, 6.45) is 13.8. The lowest BCUT2D eigenvalue weighted by atomic mass is 10.1. The zero-order valence-corrected chi connectivity index (χ0v) is 12.7. The van der Waals surface area contributed by atoms with Crippen molar-refractivity contribution in [2.24, 2.45) is 0 Å². The van der Waals surface area contributed by atoms with Crippen LogP contribution in [0.1, 0.15) is 70.3 Å². The molecule has 0 bridgehead atoms. The monoisotopic (exact) mass is 275 g/mol. The fourth-order valence-corrected chi connectivity index (χ4v) is 2.22. The molecule has 0 fully saturated rings. The highest BCUT2D eigenvalue weighted by molar-refractivity contribution is 5.75. The number of benzene rings is 1. The van der Waals surface area contributed by atoms with Crippen LogP contribution in [0.2, 0.25) is 0 Å². The first-order valence-corrected chi connectivity index (χ1v) is 7.98. The summed E-state index contributed by atoms with van der Waals surface area (Å²) in [4.78, 5) is 10.4. The maximum atomic E-state index is 10.4. The Morgan fingerprint density at radius 1 is 0.850 bits per heavy atom. The Kier molecular flexibility index (Phi) is 9.64. The van der Waals surface area contributed by atoms with E-state index >= 15 is 0 Å². The van der Waals surface area contributed by atoms with Crippen LogP contribution in [0.3, 0.4) is 0 Å². The molecule has 1 rings (SSSR count). The van der Waals surface area contributed by atoms with Gasteiger partial charge in [0, 0.05) is 5.56 Å². The third-order valence-corrected chi connectivity index (χ3v) is 3.49. The van der Waals surface area contributed by atoms with Crippen molar-refractivity contribution in [1.29, 1.82) is 0 Å². The minimum absolute atomic E-state index is 0.570. The molecule has 1 aromatic rings. The molecule has 2 nitrogen and oxygen atoms in total. The third kappa shape index (κ3) is 7.98. The van der Waals surface area contributed by atoms with Gasteiger partial charge in [-0.2, -0.15) is 0 Å². The zero-order chi connectivity index (χ0) is 14.5. The second-order valence-corrected chi connectivity index (χ2v) is 5.30. The van der Waals surface area contributed by atoms with E-state index in [1.54, 1.807) is 12.1 Å². The average molecular weight is 275 g/mol. The smallest absolute Gasteiger partial charge is 0.233 e. The lowest BCUT2D eigenvalue weighted by molar-refractivity contribution is 0.304. The van der Waals surface area contributed by atoms with Gasteiger partial charge >= 0.3 is 0 Å². The molecule has 0 amide bonds. The molecule has 1 radical (unpaired) electrons. The summed E-state index contributed by atoms with van der Waals surface area (Å²) < 4.78 is 5.64. The SMILES string of the molecule is CCCCCCCCCCCOc1ccc([C]=O)cc1. The van der Waals surface area contributed by atoms with Crippen molar-refractivity contribution < 1.29 is 9.53 Å². The summed E-state index contributed by atoms with van der Waals surface area (Å²) in [5.74, 6) is 0.837. The van der Waals surface area contributed by atoms with Gasteiger partial charge in [0.05, 0.1) is 6.61 Å². The van der Waals surface area contributed by atoms with Crippen LogP contribution in [0.4, 0.5) is 0 Å². The number of carbonyl (C=O) groups excluding carboxylic acids is 1. The van der Waals surface area contributed by atoms with Gasteiger partial charge in [0.1, 0.15) is 5.75 Å². The van der Waals surface area contributed by atoms with Crippen LogP contribution in [-0.4, -0.2) is 12.9 Å². The van der Waals surface area contributed by atoms with Gasteiger partial charge in [-0.3, -0.25) is 4.79 Å². The molecule has 0 aliphatic rings. The Morgan fingerprint density at radius 3 is 1.95 bits per heavy atom. The quantitative estimate of drug-likeness (QED) is 0.499. The van der Waals surface area contributed by atoms with Gasteiger partial charge < -0.3 is 4.74 Å². The maximum absolute atomic E-state index is 10.4. The molecule has 0 atom stereocenters. The molecular formula is C18H27O2. The van der Waals surface area contributed by atoms with E-state index in [1.165, 1.54) is 51.4 Å². The van der Waals surface area contributed by atoms with Crippen molar-refractivity contribution in [2.75, 3.05) is 6.61 Å². The molecule has 1 aromatic carbocycles. The standard InChI is InChI=1S/C18H27O2/c1-2-3-4-5-6-7-8-9-10-15-20-18-13-11-17(16-19)12-14-18/h11-14H,2-10,15H2,1H3. The highest BCUT2D eigenvalue weighted by Gasteiger charge is 1.96. The van der Waals surface area contributed by atoms with Crippen LogP contribution < -0.4 is 4.74 Å². The molecule has 0 saturated carbocycles. The van der Waals surface area contributed by atoms with Crippen LogP contribution >= 0.6 is 0 Å². The van der Waals surface area contributed by atoms with E-state index in [9.17, 15) is 4.79 Å². The summed E-state index contributed by atoms with van der Waals surface area (Å²) in [5, 5.41) is 0.